The predicted molar refractivity (Wildman–Crippen MR) is 176 cm³/mol. The summed E-state index contributed by atoms with van der Waals surface area (Å²) in [5.41, 5.74) is -0.0240. The minimum Gasteiger partial charge on any atom is -0.380 e. The maximum absolute atomic E-state index is 15.2. The van der Waals surface area contributed by atoms with Gasteiger partial charge in [-0.3, -0.25) is 18.7 Å². The van der Waals surface area contributed by atoms with Gasteiger partial charge >= 0.3 is 6.18 Å². The van der Waals surface area contributed by atoms with Crippen molar-refractivity contribution in [2.24, 2.45) is 7.05 Å². The zero-order valence-electron chi connectivity index (χ0n) is 27.3. The Morgan fingerprint density at radius 2 is 1.90 bits per heavy atom. The molecule has 3 aromatic heterocycles. The Labute approximate surface area is 282 Å². The number of hydrogen-bond acceptors (Lipinski definition) is 7. The van der Waals surface area contributed by atoms with E-state index in [4.69, 9.17) is 4.74 Å². The number of halogens is 5. The number of carbonyl (C=O) groups excluding carboxylic acids is 2. The van der Waals surface area contributed by atoms with Crippen LogP contribution in [0.1, 0.15) is 39.6 Å². The van der Waals surface area contributed by atoms with Crippen LogP contribution >= 0.6 is 0 Å². The van der Waals surface area contributed by atoms with Gasteiger partial charge in [-0.1, -0.05) is 12.1 Å². The van der Waals surface area contributed by atoms with Gasteiger partial charge in [0.2, 0.25) is 11.7 Å². The highest BCUT2D eigenvalue weighted by Crippen LogP contribution is 2.48. The van der Waals surface area contributed by atoms with Crippen LogP contribution < -0.4 is 15.5 Å². The molecule has 2 aliphatic rings. The van der Waals surface area contributed by atoms with Crippen molar-refractivity contribution in [1.82, 2.24) is 24.5 Å². The van der Waals surface area contributed by atoms with Gasteiger partial charge in [0.1, 0.15) is 22.8 Å². The molecular weight excluding hydrogens is 661 g/mol. The lowest BCUT2D eigenvalue weighted by molar-refractivity contribution is -0.137. The summed E-state index contributed by atoms with van der Waals surface area (Å²) >= 11 is 0. The van der Waals surface area contributed by atoms with E-state index in [9.17, 15) is 22.8 Å². The van der Waals surface area contributed by atoms with Crippen molar-refractivity contribution in [1.29, 1.82) is 0 Å². The Bertz CT molecular complexity index is 2190. The fourth-order valence-electron chi connectivity index (χ4n) is 6.65. The lowest BCUT2D eigenvalue weighted by atomic mass is 9.92. The zero-order chi connectivity index (χ0) is 35.5. The van der Waals surface area contributed by atoms with E-state index in [0.717, 1.165) is 30.7 Å². The van der Waals surface area contributed by atoms with Crippen molar-refractivity contribution in [3.63, 3.8) is 0 Å². The molecule has 1 atom stereocenters. The molecular formula is C35H32F5N7O3. The lowest BCUT2D eigenvalue weighted by Gasteiger charge is -2.28. The normalized spacial score (nSPS) is 16.3. The molecule has 0 aliphatic carbocycles. The minimum absolute atomic E-state index is 0.106. The summed E-state index contributed by atoms with van der Waals surface area (Å²) in [6, 6.07) is 5.88. The molecule has 2 aromatic carbocycles. The van der Waals surface area contributed by atoms with Crippen LogP contribution in [0, 0.1) is 18.6 Å². The third-order valence-electron chi connectivity index (χ3n) is 9.26. The van der Waals surface area contributed by atoms with E-state index in [-0.39, 0.29) is 41.5 Å². The van der Waals surface area contributed by atoms with E-state index in [2.05, 4.69) is 20.7 Å². The molecule has 5 aromatic rings. The third-order valence-corrected chi connectivity index (χ3v) is 9.26. The Kier molecular flexibility index (Phi) is 8.42. The number of imidazole rings is 1. The van der Waals surface area contributed by atoms with Gasteiger partial charge in [0.25, 0.3) is 0 Å². The Hall–Kier alpha value is -5.15. The first-order chi connectivity index (χ1) is 23.8. The quantitative estimate of drug-likeness (QED) is 0.130. The number of anilines is 2. The van der Waals surface area contributed by atoms with E-state index < -0.39 is 46.3 Å². The molecule has 1 fully saturated rings. The average Bonchev–Trinajstić information content (AvgIpc) is 3.79. The van der Waals surface area contributed by atoms with Crippen LogP contribution in [-0.2, 0) is 29.2 Å². The van der Waals surface area contributed by atoms with Crippen molar-refractivity contribution in [3.05, 3.63) is 88.7 Å². The van der Waals surface area contributed by atoms with Crippen LogP contribution in [0.3, 0.4) is 0 Å². The summed E-state index contributed by atoms with van der Waals surface area (Å²) in [6.07, 6.45) is 0.489. The van der Waals surface area contributed by atoms with Crippen LogP contribution in [-0.4, -0.2) is 70.2 Å². The van der Waals surface area contributed by atoms with Crippen molar-refractivity contribution < 1.29 is 36.3 Å². The first-order valence-corrected chi connectivity index (χ1v) is 15.9. The lowest BCUT2D eigenvalue weighted by Crippen LogP contribution is -2.29. The van der Waals surface area contributed by atoms with Gasteiger partial charge in [0, 0.05) is 86.3 Å². The number of ether oxygens (including phenoxy) is 1. The first-order valence-electron chi connectivity index (χ1n) is 15.9. The molecule has 0 unspecified atom stereocenters. The number of fused-ring (bicyclic) bond motifs is 4. The number of benzene rings is 2. The summed E-state index contributed by atoms with van der Waals surface area (Å²) in [6.45, 7) is 3.52. The first kappa shape index (κ1) is 33.4. The second kappa shape index (κ2) is 12.6. The number of pyridine rings is 1. The number of rotatable bonds is 7. The predicted octanol–water partition coefficient (Wildman–Crippen LogP) is 5.59. The molecule has 2 aliphatic heterocycles. The molecule has 2 N–H and O–H groups in total. The van der Waals surface area contributed by atoms with Crippen molar-refractivity contribution >= 4 is 39.5 Å². The number of aromatic nitrogens is 4. The van der Waals surface area contributed by atoms with Gasteiger partial charge in [-0.05, 0) is 37.6 Å². The van der Waals surface area contributed by atoms with E-state index in [1.54, 1.807) is 25.9 Å². The number of nitrogens with one attached hydrogen (secondary N) is 2. The van der Waals surface area contributed by atoms with Crippen LogP contribution in [0.5, 0.6) is 0 Å². The van der Waals surface area contributed by atoms with Gasteiger partial charge in [-0.2, -0.15) is 18.3 Å². The molecule has 1 saturated heterocycles. The van der Waals surface area contributed by atoms with Gasteiger partial charge in [0.15, 0.2) is 5.82 Å². The number of likely N-dealkylation sites (N-methyl/N-ethyl adjacent to an activating group) is 1. The fraction of sp³-hybridized carbons (Fsp3) is 0.314. The SMILES string of the molecule is Cc1c2cc(C(F)(F)F)c3c(c2nn1C)N(C)CCc1nc(C(=O)c2cc(F)c(NC(=O)/C=C/CN[C@H]4CCOC4)c(F)c2)n2cccc-3c12. The fourth-order valence-corrected chi connectivity index (χ4v) is 6.65. The number of amides is 1. The van der Waals surface area contributed by atoms with E-state index in [0.29, 0.717) is 47.7 Å². The second-order valence-corrected chi connectivity index (χ2v) is 12.4. The van der Waals surface area contributed by atoms with Crippen LogP contribution in [0.2, 0.25) is 0 Å². The second-order valence-electron chi connectivity index (χ2n) is 12.4. The summed E-state index contributed by atoms with van der Waals surface area (Å²) < 4.78 is 83.0. The molecule has 10 nitrogen and oxygen atoms in total. The van der Waals surface area contributed by atoms with Gasteiger partial charge in [-0.25, -0.2) is 13.8 Å². The van der Waals surface area contributed by atoms with E-state index >= 15 is 8.78 Å². The molecule has 7 rings (SSSR count). The van der Waals surface area contributed by atoms with Crippen LogP contribution in [0.15, 0.2) is 48.7 Å². The van der Waals surface area contributed by atoms with E-state index in [1.165, 1.54) is 33.5 Å². The number of aryl methyl sites for hydroxylation is 2. The molecule has 15 heteroatoms. The zero-order valence-corrected chi connectivity index (χ0v) is 27.3. The monoisotopic (exact) mass is 693 g/mol. The third kappa shape index (κ3) is 5.79. The topological polar surface area (TPSA) is 106 Å². The van der Waals surface area contributed by atoms with Gasteiger partial charge < -0.3 is 20.3 Å². The van der Waals surface area contributed by atoms with E-state index in [1.807, 2.05) is 0 Å². The molecule has 1 amide bonds. The number of hydrogen-bond donors (Lipinski definition) is 2. The van der Waals surface area contributed by atoms with Crippen LogP contribution in [0.4, 0.5) is 33.3 Å². The Morgan fingerprint density at radius 3 is 2.60 bits per heavy atom. The number of alkyl halides is 3. The maximum atomic E-state index is 15.2. The summed E-state index contributed by atoms with van der Waals surface area (Å²) in [7, 11) is 3.35. The average molecular weight is 694 g/mol. The molecule has 50 heavy (non-hydrogen) atoms. The summed E-state index contributed by atoms with van der Waals surface area (Å²) in [5.74, 6) is -4.23. The number of ketones is 1. The molecule has 260 valence electrons. The largest absolute Gasteiger partial charge is 0.417 e. The standard InChI is InChI=1S/C35H32F5N7O3/c1-18-22-16-23(35(38,39)40)28-21-6-5-11-47-31(21)26(8-12-45(2)32(28)29(22)44-46(18)3)42-34(47)33(49)19-14-24(36)30(25(37)15-19)43-27(48)7-4-10-41-20-9-13-50-17-20/h4-7,11,14-16,20,41H,8-10,12-13,17H2,1-3H3,(H,43,48)/b7-4+/t20-/m0/s1. The molecule has 0 bridgehead atoms. The van der Waals surface area contributed by atoms with Crippen LogP contribution in [0.25, 0.3) is 27.5 Å². The molecule has 5 heterocycles. The molecule has 0 spiro atoms. The van der Waals surface area contributed by atoms with Gasteiger partial charge in [0.05, 0.1) is 29.1 Å². The highest BCUT2D eigenvalue weighted by Gasteiger charge is 2.39. The smallest absolute Gasteiger partial charge is 0.380 e. The minimum atomic E-state index is -4.74. The number of nitrogens with zero attached hydrogens (tertiary/aromatic N) is 5. The van der Waals surface area contributed by atoms with Crippen molar-refractivity contribution in [3.8, 4) is 11.1 Å². The molecule has 0 saturated carbocycles. The highest BCUT2D eigenvalue weighted by atomic mass is 19.4. The highest BCUT2D eigenvalue weighted by molar-refractivity contribution is 6.10. The number of carbonyl (C=O) groups is 2. The Morgan fingerprint density at radius 1 is 1.14 bits per heavy atom. The summed E-state index contributed by atoms with van der Waals surface area (Å²) in [5, 5.41) is 10.3. The maximum Gasteiger partial charge on any atom is 0.417 e. The van der Waals surface area contributed by atoms with Crippen molar-refractivity contribution in [2.75, 3.05) is 43.6 Å². The van der Waals surface area contributed by atoms with Gasteiger partial charge in [-0.15, -0.1) is 0 Å². The van der Waals surface area contributed by atoms with Crippen molar-refractivity contribution in [2.45, 2.75) is 32.0 Å². The summed E-state index contributed by atoms with van der Waals surface area (Å²) in [4.78, 5) is 32.4. The Balaban J connectivity index is 1.26. The molecule has 0 radical (unpaired) electrons.